The van der Waals surface area contributed by atoms with Crippen LogP contribution in [0.5, 0.6) is 5.75 Å². The van der Waals surface area contributed by atoms with Crippen molar-refractivity contribution < 1.29 is 13.5 Å². The van der Waals surface area contributed by atoms with Gasteiger partial charge in [-0.2, -0.15) is 8.78 Å². The first-order valence-corrected chi connectivity index (χ1v) is 7.60. The third-order valence-electron chi connectivity index (χ3n) is 4.16. The Hall–Kier alpha value is -1.20. The zero-order chi connectivity index (χ0) is 15.2. The van der Waals surface area contributed by atoms with Gasteiger partial charge in [0.1, 0.15) is 5.75 Å². The van der Waals surface area contributed by atoms with Crippen molar-refractivity contribution in [3.8, 4) is 5.75 Å². The summed E-state index contributed by atoms with van der Waals surface area (Å²) in [4.78, 5) is 2.53. The molecular formula is C16H24F2N2O. The standard InChI is InChI=1S/C16H24F2N2O/c1-3-20(14-10-19-11-14)12(2)4-5-13-6-8-15(9-7-13)21-16(17)18/h6-9,12,14,16,19H,3-5,10-11H2,1-2H3. The Balaban J connectivity index is 1.81. The maximum Gasteiger partial charge on any atom is 0.387 e. The van der Waals surface area contributed by atoms with Crippen LogP contribution in [0.2, 0.25) is 0 Å². The van der Waals surface area contributed by atoms with E-state index in [4.69, 9.17) is 0 Å². The van der Waals surface area contributed by atoms with Gasteiger partial charge in [0, 0.05) is 25.2 Å². The van der Waals surface area contributed by atoms with E-state index in [2.05, 4.69) is 28.8 Å². The smallest absolute Gasteiger partial charge is 0.387 e. The Labute approximate surface area is 125 Å². The van der Waals surface area contributed by atoms with E-state index in [0.29, 0.717) is 12.1 Å². The number of nitrogens with zero attached hydrogens (tertiary/aromatic N) is 1. The normalized spacial score (nSPS) is 17.0. The van der Waals surface area contributed by atoms with Crippen LogP contribution in [0.1, 0.15) is 25.8 Å². The van der Waals surface area contributed by atoms with Crippen LogP contribution in [0.15, 0.2) is 24.3 Å². The highest BCUT2D eigenvalue weighted by atomic mass is 19.3. The van der Waals surface area contributed by atoms with E-state index in [9.17, 15) is 8.78 Å². The third kappa shape index (κ3) is 4.64. The molecule has 1 heterocycles. The highest BCUT2D eigenvalue weighted by molar-refractivity contribution is 5.27. The van der Waals surface area contributed by atoms with Crippen LogP contribution in [0.3, 0.4) is 0 Å². The van der Waals surface area contributed by atoms with Gasteiger partial charge in [-0.05, 0) is 44.0 Å². The average molecular weight is 298 g/mol. The van der Waals surface area contributed by atoms with Gasteiger partial charge in [-0.3, -0.25) is 4.90 Å². The molecule has 1 aromatic rings. The van der Waals surface area contributed by atoms with Crippen LogP contribution >= 0.6 is 0 Å². The zero-order valence-electron chi connectivity index (χ0n) is 12.7. The van der Waals surface area contributed by atoms with Crippen LogP contribution in [-0.2, 0) is 6.42 Å². The molecule has 1 atom stereocenters. The van der Waals surface area contributed by atoms with Gasteiger partial charge in [0.25, 0.3) is 0 Å². The van der Waals surface area contributed by atoms with Crippen molar-refractivity contribution >= 4 is 0 Å². The molecule has 118 valence electrons. The summed E-state index contributed by atoms with van der Waals surface area (Å²) in [5.74, 6) is 0.220. The number of halogens is 2. The molecule has 0 radical (unpaired) electrons. The van der Waals surface area contributed by atoms with Crippen LogP contribution < -0.4 is 10.1 Å². The molecule has 3 nitrogen and oxygen atoms in total. The number of nitrogens with one attached hydrogen (secondary N) is 1. The van der Waals surface area contributed by atoms with Crippen LogP contribution in [0, 0.1) is 0 Å². The minimum atomic E-state index is -2.76. The number of hydrogen-bond acceptors (Lipinski definition) is 3. The second-order valence-electron chi connectivity index (χ2n) is 5.55. The predicted octanol–water partition coefficient (Wildman–Crippen LogP) is 2.90. The van der Waals surface area contributed by atoms with Crippen LogP contribution in [-0.4, -0.2) is 43.2 Å². The number of rotatable bonds is 8. The molecular weight excluding hydrogens is 274 g/mol. The monoisotopic (exact) mass is 298 g/mol. The molecule has 1 aliphatic rings. The molecule has 0 aliphatic carbocycles. The lowest BCUT2D eigenvalue weighted by molar-refractivity contribution is -0.0498. The lowest BCUT2D eigenvalue weighted by Crippen LogP contribution is -2.59. The summed E-state index contributed by atoms with van der Waals surface area (Å²) in [6.45, 7) is 4.93. The molecule has 0 saturated carbocycles. The predicted molar refractivity (Wildman–Crippen MR) is 79.9 cm³/mol. The number of likely N-dealkylation sites (N-methyl/N-ethyl adjacent to an activating group) is 1. The van der Waals surface area contributed by atoms with E-state index in [0.717, 1.165) is 38.0 Å². The highest BCUT2D eigenvalue weighted by Gasteiger charge is 2.26. The van der Waals surface area contributed by atoms with Crippen LogP contribution in [0.25, 0.3) is 0 Å². The first-order valence-electron chi connectivity index (χ1n) is 7.60. The summed E-state index contributed by atoms with van der Waals surface area (Å²) < 4.78 is 28.5. The maximum atomic E-state index is 12.1. The van der Waals surface area contributed by atoms with Crippen molar-refractivity contribution in [2.24, 2.45) is 0 Å². The van der Waals surface area contributed by atoms with Crippen molar-refractivity contribution in [2.75, 3.05) is 19.6 Å². The summed E-state index contributed by atoms with van der Waals surface area (Å²) >= 11 is 0. The summed E-state index contributed by atoms with van der Waals surface area (Å²) in [6, 6.07) is 8.14. The molecule has 1 unspecified atom stereocenters. The van der Waals surface area contributed by atoms with Crippen molar-refractivity contribution in [1.82, 2.24) is 10.2 Å². The maximum absolute atomic E-state index is 12.1. The van der Waals surface area contributed by atoms with Crippen LogP contribution in [0.4, 0.5) is 8.78 Å². The first-order chi connectivity index (χ1) is 10.1. The molecule has 0 spiro atoms. The Morgan fingerprint density at radius 2 is 1.95 bits per heavy atom. The number of alkyl halides is 2. The van der Waals surface area contributed by atoms with Crippen molar-refractivity contribution in [1.29, 1.82) is 0 Å². The first kappa shape index (κ1) is 16.2. The molecule has 1 aromatic carbocycles. The van der Waals surface area contributed by atoms with E-state index < -0.39 is 6.61 Å². The minimum Gasteiger partial charge on any atom is -0.435 e. The zero-order valence-corrected chi connectivity index (χ0v) is 12.7. The fraction of sp³-hybridized carbons (Fsp3) is 0.625. The Bertz CT molecular complexity index is 421. The van der Waals surface area contributed by atoms with E-state index in [1.165, 1.54) is 0 Å². The second kappa shape index (κ2) is 7.71. The van der Waals surface area contributed by atoms with E-state index >= 15 is 0 Å². The lowest BCUT2D eigenvalue weighted by Gasteiger charge is -2.41. The molecule has 1 N–H and O–H groups in total. The summed E-state index contributed by atoms with van der Waals surface area (Å²) in [5.41, 5.74) is 1.16. The lowest BCUT2D eigenvalue weighted by atomic mass is 10.0. The molecule has 0 amide bonds. The van der Waals surface area contributed by atoms with Gasteiger partial charge < -0.3 is 10.1 Å². The second-order valence-corrected chi connectivity index (χ2v) is 5.55. The van der Waals surface area contributed by atoms with Gasteiger partial charge >= 0.3 is 6.61 Å². The highest BCUT2D eigenvalue weighted by Crippen LogP contribution is 2.18. The number of hydrogen-bond donors (Lipinski definition) is 1. The quantitative estimate of drug-likeness (QED) is 0.798. The summed E-state index contributed by atoms with van der Waals surface area (Å²) in [6.07, 6.45) is 2.02. The Morgan fingerprint density at radius 1 is 1.29 bits per heavy atom. The van der Waals surface area contributed by atoms with Crippen molar-refractivity contribution in [3.63, 3.8) is 0 Å². The van der Waals surface area contributed by atoms with E-state index in [-0.39, 0.29) is 5.75 Å². The molecule has 21 heavy (non-hydrogen) atoms. The number of aryl methyl sites for hydroxylation is 1. The fourth-order valence-corrected chi connectivity index (χ4v) is 2.82. The average Bonchev–Trinajstić information content (AvgIpc) is 2.40. The molecule has 1 fully saturated rings. The van der Waals surface area contributed by atoms with Gasteiger partial charge in [0.05, 0.1) is 0 Å². The minimum absolute atomic E-state index is 0.220. The molecule has 5 heteroatoms. The summed E-state index contributed by atoms with van der Waals surface area (Å²) in [7, 11) is 0. The SMILES string of the molecule is CCN(C(C)CCc1ccc(OC(F)F)cc1)C1CNC1. The topological polar surface area (TPSA) is 24.5 Å². The van der Waals surface area contributed by atoms with Gasteiger partial charge in [-0.1, -0.05) is 19.1 Å². The van der Waals surface area contributed by atoms with Gasteiger partial charge in [0.2, 0.25) is 0 Å². The van der Waals surface area contributed by atoms with Gasteiger partial charge in [0.15, 0.2) is 0 Å². The third-order valence-corrected chi connectivity index (χ3v) is 4.16. The Morgan fingerprint density at radius 3 is 2.43 bits per heavy atom. The van der Waals surface area contributed by atoms with E-state index in [1.54, 1.807) is 12.1 Å². The largest absolute Gasteiger partial charge is 0.435 e. The number of ether oxygens (including phenoxy) is 1. The fourth-order valence-electron chi connectivity index (χ4n) is 2.82. The van der Waals surface area contributed by atoms with E-state index in [1.807, 2.05) is 12.1 Å². The molecule has 2 rings (SSSR count). The summed E-state index contributed by atoms with van der Waals surface area (Å²) in [5, 5.41) is 3.31. The van der Waals surface area contributed by atoms with Gasteiger partial charge in [-0.25, -0.2) is 0 Å². The van der Waals surface area contributed by atoms with Crippen molar-refractivity contribution in [3.05, 3.63) is 29.8 Å². The van der Waals surface area contributed by atoms with Gasteiger partial charge in [-0.15, -0.1) is 0 Å². The molecule has 0 aromatic heterocycles. The molecule has 1 saturated heterocycles. The molecule has 1 aliphatic heterocycles. The number of benzene rings is 1. The molecule has 0 bridgehead atoms. The Kier molecular flexibility index (Phi) is 5.94. The van der Waals surface area contributed by atoms with Crippen molar-refractivity contribution in [2.45, 2.75) is 45.4 Å².